The first-order valence-corrected chi connectivity index (χ1v) is 11.4. The number of anilines is 1. The Morgan fingerprint density at radius 2 is 1.90 bits per heavy atom. The third-order valence-electron chi connectivity index (χ3n) is 4.90. The molecule has 0 bridgehead atoms. The quantitative estimate of drug-likeness (QED) is 0.624. The summed E-state index contributed by atoms with van der Waals surface area (Å²) in [7, 11) is -3.18. The summed E-state index contributed by atoms with van der Waals surface area (Å²) in [4.78, 5) is 20.8. The molecule has 0 aromatic carbocycles. The first kappa shape index (κ1) is 21.2. The van der Waals surface area contributed by atoms with E-state index in [9.17, 15) is 13.2 Å². The van der Waals surface area contributed by atoms with Crippen LogP contribution in [0, 0.1) is 19.8 Å². The molecule has 11 heteroatoms. The Labute approximate surface area is 170 Å². The van der Waals surface area contributed by atoms with E-state index in [0.717, 1.165) is 11.4 Å². The third-order valence-corrected chi connectivity index (χ3v) is 6.21. The van der Waals surface area contributed by atoms with E-state index >= 15 is 0 Å². The lowest BCUT2D eigenvalue weighted by Crippen LogP contribution is -2.43. The number of nitrogens with zero attached hydrogens (tertiary/aromatic N) is 5. The number of hydrogen-bond acceptors (Lipinski definition) is 7. The van der Waals surface area contributed by atoms with Crippen LogP contribution in [0.5, 0.6) is 0 Å². The number of sulfonamides is 1. The molecule has 10 nitrogen and oxygen atoms in total. The van der Waals surface area contributed by atoms with Gasteiger partial charge in [0.2, 0.25) is 15.9 Å². The largest absolute Gasteiger partial charge is 0.368 e. The lowest BCUT2D eigenvalue weighted by atomic mass is 9.97. The van der Waals surface area contributed by atoms with Gasteiger partial charge in [-0.3, -0.25) is 4.79 Å². The number of piperidine rings is 1. The van der Waals surface area contributed by atoms with Gasteiger partial charge in [0.1, 0.15) is 12.1 Å². The van der Waals surface area contributed by atoms with Gasteiger partial charge >= 0.3 is 0 Å². The Kier molecular flexibility index (Phi) is 6.48. The molecule has 0 saturated carbocycles. The van der Waals surface area contributed by atoms with E-state index in [-0.39, 0.29) is 11.8 Å². The van der Waals surface area contributed by atoms with Crippen LogP contribution in [0.15, 0.2) is 18.5 Å². The molecule has 0 radical (unpaired) electrons. The van der Waals surface area contributed by atoms with Crippen LogP contribution in [-0.4, -0.2) is 70.8 Å². The maximum Gasteiger partial charge on any atom is 0.223 e. The van der Waals surface area contributed by atoms with E-state index < -0.39 is 10.0 Å². The number of rotatable bonds is 7. The highest BCUT2D eigenvalue weighted by Gasteiger charge is 2.28. The second-order valence-corrected chi connectivity index (χ2v) is 9.24. The average molecular weight is 422 g/mol. The SMILES string of the molecule is Cc1cc(C)n(-c2cc(NCCNC(=O)C3CCN(S(C)(=O)=O)CC3)ncn2)n1. The number of amides is 1. The van der Waals surface area contributed by atoms with Crippen LogP contribution in [0.2, 0.25) is 0 Å². The first-order chi connectivity index (χ1) is 13.7. The van der Waals surface area contributed by atoms with Gasteiger partial charge < -0.3 is 10.6 Å². The number of hydrogen-bond donors (Lipinski definition) is 2. The van der Waals surface area contributed by atoms with Crippen LogP contribution in [0.25, 0.3) is 5.82 Å². The minimum absolute atomic E-state index is 0.0361. The van der Waals surface area contributed by atoms with Gasteiger partial charge in [-0.2, -0.15) is 5.10 Å². The summed E-state index contributed by atoms with van der Waals surface area (Å²) >= 11 is 0. The van der Waals surface area contributed by atoms with Crippen molar-refractivity contribution in [2.24, 2.45) is 5.92 Å². The van der Waals surface area contributed by atoms with E-state index in [1.807, 2.05) is 26.0 Å². The molecule has 158 valence electrons. The molecule has 0 atom stereocenters. The molecular weight excluding hydrogens is 394 g/mol. The molecule has 1 amide bonds. The van der Waals surface area contributed by atoms with Crippen molar-refractivity contribution in [3.8, 4) is 5.82 Å². The molecule has 3 heterocycles. The number of nitrogens with one attached hydrogen (secondary N) is 2. The number of aryl methyl sites for hydroxylation is 2. The monoisotopic (exact) mass is 421 g/mol. The van der Waals surface area contributed by atoms with Crippen molar-refractivity contribution in [2.75, 3.05) is 37.8 Å². The zero-order chi connectivity index (χ0) is 21.0. The fraction of sp³-hybridized carbons (Fsp3) is 0.556. The molecule has 1 aliphatic heterocycles. The van der Waals surface area contributed by atoms with Gasteiger partial charge in [0.05, 0.1) is 11.9 Å². The van der Waals surface area contributed by atoms with Gasteiger partial charge in [-0.25, -0.2) is 27.4 Å². The van der Waals surface area contributed by atoms with Crippen LogP contribution < -0.4 is 10.6 Å². The fourth-order valence-electron chi connectivity index (χ4n) is 3.39. The van der Waals surface area contributed by atoms with E-state index in [4.69, 9.17) is 0 Å². The van der Waals surface area contributed by atoms with Crippen molar-refractivity contribution in [3.63, 3.8) is 0 Å². The second-order valence-electron chi connectivity index (χ2n) is 7.25. The topological polar surface area (TPSA) is 122 Å². The summed E-state index contributed by atoms with van der Waals surface area (Å²) < 4.78 is 26.3. The molecule has 29 heavy (non-hydrogen) atoms. The Hall–Kier alpha value is -2.53. The lowest BCUT2D eigenvalue weighted by molar-refractivity contribution is -0.126. The molecule has 1 aliphatic rings. The molecule has 0 unspecified atom stereocenters. The Balaban J connectivity index is 1.45. The standard InChI is InChI=1S/C18H27N7O3S/c1-13-10-14(2)25(23-13)17-11-16(21-12-22-17)19-6-7-20-18(26)15-4-8-24(9-5-15)29(3,27)28/h10-12,15H,4-9H2,1-3H3,(H,20,26)(H,19,21,22). The Morgan fingerprint density at radius 3 is 2.52 bits per heavy atom. The number of carbonyl (C=O) groups is 1. The van der Waals surface area contributed by atoms with Crippen molar-refractivity contribution in [1.29, 1.82) is 0 Å². The summed E-state index contributed by atoms with van der Waals surface area (Å²) in [5.74, 6) is 1.14. The highest BCUT2D eigenvalue weighted by molar-refractivity contribution is 7.88. The zero-order valence-electron chi connectivity index (χ0n) is 16.9. The predicted molar refractivity (Wildman–Crippen MR) is 109 cm³/mol. The predicted octanol–water partition coefficient (Wildman–Crippen LogP) is 0.479. The lowest BCUT2D eigenvalue weighted by Gasteiger charge is -2.29. The maximum absolute atomic E-state index is 12.3. The molecule has 0 aliphatic carbocycles. The van der Waals surface area contributed by atoms with Gasteiger partial charge in [0.15, 0.2) is 5.82 Å². The van der Waals surface area contributed by atoms with Crippen LogP contribution in [0.3, 0.4) is 0 Å². The fourth-order valence-corrected chi connectivity index (χ4v) is 4.26. The molecule has 2 aromatic heterocycles. The van der Waals surface area contributed by atoms with Crippen LogP contribution >= 0.6 is 0 Å². The van der Waals surface area contributed by atoms with E-state index in [0.29, 0.717) is 50.7 Å². The average Bonchev–Trinajstić information content (AvgIpc) is 3.03. The minimum Gasteiger partial charge on any atom is -0.368 e. The Bertz CT molecular complexity index is 966. The molecule has 1 fully saturated rings. The first-order valence-electron chi connectivity index (χ1n) is 9.56. The molecule has 3 rings (SSSR count). The molecular formula is C18H27N7O3S. The van der Waals surface area contributed by atoms with Crippen molar-refractivity contribution in [3.05, 3.63) is 29.8 Å². The summed E-state index contributed by atoms with van der Waals surface area (Å²) in [6.45, 7) is 5.64. The minimum atomic E-state index is -3.18. The highest BCUT2D eigenvalue weighted by atomic mass is 32.2. The van der Waals surface area contributed by atoms with Crippen molar-refractivity contribution in [2.45, 2.75) is 26.7 Å². The van der Waals surface area contributed by atoms with Crippen LogP contribution in [0.1, 0.15) is 24.2 Å². The second kappa shape index (κ2) is 8.87. The van der Waals surface area contributed by atoms with Gasteiger partial charge in [0, 0.05) is 43.9 Å². The highest BCUT2D eigenvalue weighted by Crippen LogP contribution is 2.19. The normalized spacial score (nSPS) is 16.0. The maximum atomic E-state index is 12.3. The molecule has 1 saturated heterocycles. The van der Waals surface area contributed by atoms with Crippen molar-refractivity contribution < 1.29 is 13.2 Å². The van der Waals surface area contributed by atoms with Crippen molar-refractivity contribution in [1.82, 2.24) is 29.4 Å². The van der Waals surface area contributed by atoms with E-state index in [2.05, 4.69) is 25.7 Å². The number of aromatic nitrogens is 4. The summed E-state index contributed by atoms with van der Waals surface area (Å²) in [6.07, 6.45) is 3.77. The summed E-state index contributed by atoms with van der Waals surface area (Å²) in [5, 5.41) is 10.5. The van der Waals surface area contributed by atoms with Gasteiger partial charge in [-0.15, -0.1) is 0 Å². The summed E-state index contributed by atoms with van der Waals surface area (Å²) in [5.41, 5.74) is 1.90. The summed E-state index contributed by atoms with van der Waals surface area (Å²) in [6, 6.07) is 3.79. The third kappa shape index (κ3) is 5.51. The van der Waals surface area contributed by atoms with Gasteiger partial charge in [-0.1, -0.05) is 0 Å². The number of carbonyl (C=O) groups excluding carboxylic acids is 1. The van der Waals surface area contributed by atoms with Crippen molar-refractivity contribution >= 4 is 21.7 Å². The van der Waals surface area contributed by atoms with E-state index in [1.54, 1.807) is 4.68 Å². The Morgan fingerprint density at radius 1 is 1.17 bits per heavy atom. The van der Waals surface area contributed by atoms with Gasteiger partial charge in [0.25, 0.3) is 0 Å². The van der Waals surface area contributed by atoms with Crippen LogP contribution in [0.4, 0.5) is 5.82 Å². The molecule has 0 spiro atoms. The zero-order valence-corrected chi connectivity index (χ0v) is 17.7. The smallest absolute Gasteiger partial charge is 0.223 e. The van der Waals surface area contributed by atoms with Gasteiger partial charge in [-0.05, 0) is 32.8 Å². The van der Waals surface area contributed by atoms with Crippen LogP contribution in [-0.2, 0) is 14.8 Å². The van der Waals surface area contributed by atoms with E-state index in [1.165, 1.54) is 16.9 Å². The molecule has 2 aromatic rings. The molecule has 2 N–H and O–H groups in total.